The second kappa shape index (κ2) is 4.01. The highest BCUT2D eigenvalue weighted by atomic mass is 16.5. The number of Topliss-reactive ketones (excluding diaryl/α,β-unsaturated/α-hetero) is 1. The predicted octanol–water partition coefficient (Wildman–Crippen LogP) is 2.81. The first-order valence-electron chi connectivity index (χ1n) is 5.52. The molecule has 1 aliphatic rings. The van der Waals surface area contributed by atoms with Crippen molar-refractivity contribution in [1.29, 1.82) is 0 Å². The quantitative estimate of drug-likeness (QED) is 0.697. The molecule has 0 aromatic carbocycles. The molecular formula is C12H22O2. The van der Waals surface area contributed by atoms with Crippen molar-refractivity contribution in [3.05, 3.63) is 0 Å². The standard InChI is InChI=1S/C12H22O2/c1-8(2)12(5)7-9(3)11(14-12)6-10(4)13/h8-9,11H,6-7H2,1-5H3. The highest BCUT2D eigenvalue weighted by Gasteiger charge is 2.43. The van der Waals surface area contributed by atoms with Crippen molar-refractivity contribution < 1.29 is 9.53 Å². The molecule has 0 bridgehead atoms. The van der Waals surface area contributed by atoms with Crippen LogP contribution in [0.2, 0.25) is 0 Å². The molecule has 1 rings (SSSR count). The SMILES string of the molecule is CC(=O)CC1OC(C)(C(C)C)CC1C. The summed E-state index contributed by atoms with van der Waals surface area (Å²) in [4.78, 5) is 11.0. The van der Waals surface area contributed by atoms with Crippen LogP contribution < -0.4 is 0 Å². The van der Waals surface area contributed by atoms with E-state index in [1.165, 1.54) is 0 Å². The van der Waals surface area contributed by atoms with Gasteiger partial charge >= 0.3 is 0 Å². The maximum absolute atomic E-state index is 11.0. The highest BCUT2D eigenvalue weighted by molar-refractivity contribution is 5.76. The van der Waals surface area contributed by atoms with E-state index in [0.29, 0.717) is 18.3 Å². The largest absolute Gasteiger partial charge is 0.371 e. The fraction of sp³-hybridized carbons (Fsp3) is 0.917. The van der Waals surface area contributed by atoms with Gasteiger partial charge in [0.25, 0.3) is 0 Å². The lowest BCUT2D eigenvalue weighted by Gasteiger charge is -2.29. The summed E-state index contributed by atoms with van der Waals surface area (Å²) in [5.74, 6) is 1.25. The van der Waals surface area contributed by atoms with E-state index in [0.717, 1.165) is 6.42 Å². The van der Waals surface area contributed by atoms with Crippen molar-refractivity contribution in [1.82, 2.24) is 0 Å². The van der Waals surface area contributed by atoms with Gasteiger partial charge in [-0.2, -0.15) is 0 Å². The minimum absolute atomic E-state index is 0.0282. The number of carbonyl (C=O) groups is 1. The summed E-state index contributed by atoms with van der Waals surface area (Å²) >= 11 is 0. The summed E-state index contributed by atoms with van der Waals surface area (Å²) in [5.41, 5.74) is -0.0282. The molecule has 2 heteroatoms. The average molecular weight is 198 g/mol. The molecule has 0 radical (unpaired) electrons. The Hall–Kier alpha value is -0.370. The Balaban J connectivity index is 2.63. The Kier molecular flexibility index (Phi) is 3.36. The number of carbonyl (C=O) groups excluding carboxylic acids is 1. The molecular weight excluding hydrogens is 176 g/mol. The van der Waals surface area contributed by atoms with Crippen molar-refractivity contribution in [3.8, 4) is 0 Å². The van der Waals surface area contributed by atoms with Crippen LogP contribution >= 0.6 is 0 Å². The van der Waals surface area contributed by atoms with Gasteiger partial charge in [0.15, 0.2) is 0 Å². The molecule has 0 N–H and O–H groups in total. The summed E-state index contributed by atoms with van der Waals surface area (Å²) in [6.45, 7) is 10.3. The zero-order valence-electron chi connectivity index (χ0n) is 9.96. The molecule has 1 saturated heterocycles. The topological polar surface area (TPSA) is 26.3 Å². The summed E-state index contributed by atoms with van der Waals surface area (Å²) < 4.78 is 6.01. The van der Waals surface area contributed by atoms with E-state index < -0.39 is 0 Å². The first-order chi connectivity index (χ1) is 6.35. The van der Waals surface area contributed by atoms with Crippen molar-refractivity contribution >= 4 is 5.78 Å². The van der Waals surface area contributed by atoms with Gasteiger partial charge in [-0.1, -0.05) is 20.8 Å². The van der Waals surface area contributed by atoms with E-state index in [1.807, 2.05) is 0 Å². The summed E-state index contributed by atoms with van der Waals surface area (Å²) in [6, 6.07) is 0. The molecule has 0 aromatic rings. The predicted molar refractivity (Wildman–Crippen MR) is 57.2 cm³/mol. The van der Waals surface area contributed by atoms with E-state index in [2.05, 4.69) is 27.7 Å². The van der Waals surface area contributed by atoms with Crippen molar-refractivity contribution in [2.24, 2.45) is 11.8 Å². The van der Waals surface area contributed by atoms with Crippen molar-refractivity contribution in [3.63, 3.8) is 0 Å². The third-order valence-electron chi connectivity index (χ3n) is 3.49. The van der Waals surface area contributed by atoms with Gasteiger partial charge in [0, 0.05) is 6.42 Å². The van der Waals surface area contributed by atoms with Crippen LogP contribution in [-0.4, -0.2) is 17.5 Å². The first kappa shape index (κ1) is 11.7. The van der Waals surface area contributed by atoms with E-state index in [9.17, 15) is 4.79 Å². The molecule has 1 aliphatic heterocycles. The zero-order chi connectivity index (χ0) is 10.9. The maximum Gasteiger partial charge on any atom is 0.132 e. The average Bonchev–Trinajstić information content (AvgIpc) is 2.27. The third kappa shape index (κ3) is 2.35. The van der Waals surface area contributed by atoms with Gasteiger partial charge < -0.3 is 4.74 Å². The van der Waals surface area contributed by atoms with Crippen LogP contribution in [0.1, 0.15) is 47.5 Å². The Morgan fingerprint density at radius 3 is 2.50 bits per heavy atom. The van der Waals surface area contributed by atoms with Crippen LogP contribution in [0.4, 0.5) is 0 Å². The molecule has 1 fully saturated rings. The second-order valence-electron chi connectivity index (χ2n) is 5.21. The molecule has 3 atom stereocenters. The minimum atomic E-state index is -0.0282. The number of ketones is 1. The Labute approximate surface area is 87.0 Å². The van der Waals surface area contributed by atoms with Gasteiger partial charge in [-0.3, -0.25) is 4.79 Å². The fourth-order valence-electron chi connectivity index (χ4n) is 2.18. The van der Waals surface area contributed by atoms with Crippen molar-refractivity contribution in [2.75, 3.05) is 0 Å². The van der Waals surface area contributed by atoms with Gasteiger partial charge in [-0.25, -0.2) is 0 Å². The first-order valence-corrected chi connectivity index (χ1v) is 5.52. The Morgan fingerprint density at radius 2 is 2.14 bits per heavy atom. The number of rotatable bonds is 3. The molecule has 2 nitrogen and oxygen atoms in total. The number of ether oxygens (including phenoxy) is 1. The molecule has 0 aromatic heterocycles. The minimum Gasteiger partial charge on any atom is -0.371 e. The maximum atomic E-state index is 11.0. The lowest BCUT2D eigenvalue weighted by atomic mass is 9.85. The molecule has 3 unspecified atom stereocenters. The fourth-order valence-corrected chi connectivity index (χ4v) is 2.18. The van der Waals surface area contributed by atoms with Crippen LogP contribution in [0.3, 0.4) is 0 Å². The van der Waals surface area contributed by atoms with Gasteiger partial charge in [-0.15, -0.1) is 0 Å². The second-order valence-corrected chi connectivity index (χ2v) is 5.21. The zero-order valence-corrected chi connectivity index (χ0v) is 9.96. The van der Waals surface area contributed by atoms with Gasteiger partial charge in [0.2, 0.25) is 0 Å². The molecule has 14 heavy (non-hydrogen) atoms. The highest BCUT2D eigenvalue weighted by Crippen LogP contribution is 2.40. The van der Waals surface area contributed by atoms with E-state index in [1.54, 1.807) is 6.92 Å². The van der Waals surface area contributed by atoms with Crippen LogP contribution in [-0.2, 0) is 9.53 Å². The van der Waals surface area contributed by atoms with Crippen LogP contribution in [0.15, 0.2) is 0 Å². The van der Waals surface area contributed by atoms with Crippen LogP contribution in [0.25, 0.3) is 0 Å². The molecule has 0 aliphatic carbocycles. The Morgan fingerprint density at radius 1 is 1.57 bits per heavy atom. The molecule has 0 saturated carbocycles. The van der Waals surface area contributed by atoms with Gasteiger partial charge in [-0.05, 0) is 32.1 Å². The molecule has 82 valence electrons. The third-order valence-corrected chi connectivity index (χ3v) is 3.49. The molecule has 0 spiro atoms. The van der Waals surface area contributed by atoms with E-state index in [4.69, 9.17) is 4.74 Å². The lowest BCUT2D eigenvalue weighted by Crippen LogP contribution is -2.31. The van der Waals surface area contributed by atoms with Crippen LogP contribution in [0, 0.1) is 11.8 Å². The van der Waals surface area contributed by atoms with E-state index in [-0.39, 0.29) is 17.5 Å². The lowest BCUT2D eigenvalue weighted by molar-refractivity contribution is -0.122. The number of hydrogen-bond acceptors (Lipinski definition) is 2. The summed E-state index contributed by atoms with van der Waals surface area (Å²) in [7, 11) is 0. The molecule has 0 amide bonds. The summed E-state index contributed by atoms with van der Waals surface area (Å²) in [5, 5.41) is 0. The normalized spacial score (nSPS) is 37.9. The van der Waals surface area contributed by atoms with E-state index >= 15 is 0 Å². The smallest absolute Gasteiger partial charge is 0.132 e. The number of hydrogen-bond donors (Lipinski definition) is 0. The Bertz CT molecular complexity index is 222. The monoisotopic (exact) mass is 198 g/mol. The molecule has 1 heterocycles. The summed E-state index contributed by atoms with van der Waals surface area (Å²) in [6.07, 6.45) is 1.78. The van der Waals surface area contributed by atoms with Gasteiger partial charge in [0.05, 0.1) is 11.7 Å². The van der Waals surface area contributed by atoms with Gasteiger partial charge in [0.1, 0.15) is 5.78 Å². The van der Waals surface area contributed by atoms with Crippen molar-refractivity contribution in [2.45, 2.75) is 59.2 Å². The van der Waals surface area contributed by atoms with Crippen LogP contribution in [0.5, 0.6) is 0 Å².